The van der Waals surface area contributed by atoms with Crippen molar-refractivity contribution >= 4 is 35.0 Å². The van der Waals surface area contributed by atoms with E-state index in [-0.39, 0.29) is 11.9 Å². The van der Waals surface area contributed by atoms with Gasteiger partial charge in [-0.15, -0.1) is 0 Å². The second-order valence-electron chi connectivity index (χ2n) is 7.83. The summed E-state index contributed by atoms with van der Waals surface area (Å²) in [6.45, 7) is 2.33. The molecule has 1 unspecified atom stereocenters. The molecule has 4 nitrogen and oxygen atoms in total. The molecule has 4 rings (SSSR count). The van der Waals surface area contributed by atoms with Crippen molar-refractivity contribution < 1.29 is 19.1 Å². The van der Waals surface area contributed by atoms with Crippen molar-refractivity contribution in [1.82, 2.24) is 0 Å². The van der Waals surface area contributed by atoms with Gasteiger partial charge >= 0.3 is 5.97 Å². The first-order valence-electron chi connectivity index (χ1n) is 9.78. The zero-order valence-electron chi connectivity index (χ0n) is 16.1. The van der Waals surface area contributed by atoms with E-state index in [1.165, 1.54) is 0 Å². The van der Waals surface area contributed by atoms with E-state index < -0.39 is 17.5 Å². The van der Waals surface area contributed by atoms with E-state index in [0.29, 0.717) is 47.9 Å². The Morgan fingerprint density at radius 1 is 1.10 bits per heavy atom. The molecule has 152 valence electrons. The molecule has 0 aromatic heterocycles. The monoisotopic (exact) mass is 432 g/mol. The number of Topliss-reactive ketones (excluding diaryl/α,β-unsaturated/α-hetero) is 1. The molecule has 1 atom stereocenters. The van der Waals surface area contributed by atoms with Crippen molar-refractivity contribution in [2.24, 2.45) is 0 Å². The van der Waals surface area contributed by atoms with Gasteiger partial charge in [0.1, 0.15) is 5.92 Å². The molecule has 2 aromatic carbocycles. The van der Waals surface area contributed by atoms with Crippen molar-refractivity contribution in [3.63, 3.8) is 0 Å². The van der Waals surface area contributed by atoms with Crippen LogP contribution in [0.25, 0.3) is 0 Å². The number of halogens is 2. The first-order chi connectivity index (χ1) is 13.9. The lowest BCUT2D eigenvalue weighted by molar-refractivity contribution is -0.158. The average Bonchev–Trinajstić information content (AvgIpc) is 2.92. The molecule has 0 amide bonds. The minimum atomic E-state index is -1.07. The van der Waals surface area contributed by atoms with Crippen molar-refractivity contribution in [1.29, 1.82) is 0 Å². The van der Waals surface area contributed by atoms with Gasteiger partial charge < -0.3 is 9.47 Å². The molecular formula is C23H22Cl2O4. The fourth-order valence-electron chi connectivity index (χ4n) is 4.36. The van der Waals surface area contributed by atoms with E-state index in [1.807, 2.05) is 30.3 Å². The van der Waals surface area contributed by atoms with Gasteiger partial charge in [0.2, 0.25) is 0 Å². The first kappa shape index (κ1) is 20.4. The SMILES string of the molecule is Cc1cc(Cl)cc(Cl)c1C1C(=O)OC2(CCC(OCc3ccccc3)CC2)C1=O. The summed E-state index contributed by atoms with van der Waals surface area (Å²) in [6.07, 6.45) is 2.33. The molecule has 0 N–H and O–H groups in total. The molecule has 1 spiro atoms. The van der Waals surface area contributed by atoms with Crippen LogP contribution < -0.4 is 0 Å². The summed E-state index contributed by atoms with van der Waals surface area (Å²) in [5.41, 5.74) is 1.27. The molecular weight excluding hydrogens is 411 g/mol. The number of rotatable bonds is 4. The Hall–Kier alpha value is -1.88. The van der Waals surface area contributed by atoms with Crippen LogP contribution in [0.5, 0.6) is 0 Å². The number of carbonyl (C=O) groups is 2. The number of hydrogen-bond acceptors (Lipinski definition) is 4. The van der Waals surface area contributed by atoms with Crippen LogP contribution in [0.1, 0.15) is 48.3 Å². The summed E-state index contributed by atoms with van der Waals surface area (Å²) in [6, 6.07) is 13.3. The van der Waals surface area contributed by atoms with Crippen molar-refractivity contribution in [2.75, 3.05) is 0 Å². The highest BCUT2D eigenvalue weighted by Crippen LogP contribution is 2.46. The molecule has 29 heavy (non-hydrogen) atoms. The lowest BCUT2D eigenvalue weighted by atomic mass is 9.76. The molecule has 1 saturated carbocycles. The smallest absolute Gasteiger partial charge is 0.322 e. The van der Waals surface area contributed by atoms with Gasteiger partial charge in [-0.3, -0.25) is 9.59 Å². The Balaban J connectivity index is 1.45. The molecule has 2 aliphatic rings. The highest BCUT2D eigenvalue weighted by Gasteiger charge is 2.57. The summed E-state index contributed by atoms with van der Waals surface area (Å²) < 4.78 is 11.7. The highest BCUT2D eigenvalue weighted by molar-refractivity contribution is 6.36. The zero-order chi connectivity index (χ0) is 20.6. The molecule has 0 bridgehead atoms. The quantitative estimate of drug-likeness (QED) is 0.478. The van der Waals surface area contributed by atoms with E-state index in [1.54, 1.807) is 19.1 Å². The maximum Gasteiger partial charge on any atom is 0.322 e. The van der Waals surface area contributed by atoms with Crippen LogP contribution >= 0.6 is 23.2 Å². The molecule has 6 heteroatoms. The van der Waals surface area contributed by atoms with Gasteiger partial charge in [-0.05, 0) is 61.4 Å². The topological polar surface area (TPSA) is 52.6 Å². The number of hydrogen-bond donors (Lipinski definition) is 0. The van der Waals surface area contributed by atoms with Crippen molar-refractivity contribution in [3.8, 4) is 0 Å². The van der Waals surface area contributed by atoms with Crippen LogP contribution in [0.4, 0.5) is 0 Å². The Kier molecular flexibility index (Phi) is 5.69. The van der Waals surface area contributed by atoms with E-state index in [2.05, 4.69) is 0 Å². The summed E-state index contributed by atoms with van der Waals surface area (Å²) in [4.78, 5) is 26.0. The third kappa shape index (κ3) is 3.94. The van der Waals surface area contributed by atoms with Gasteiger partial charge in [-0.25, -0.2) is 0 Å². The lowest BCUT2D eigenvalue weighted by Gasteiger charge is -2.34. The standard InChI is InChI=1S/C23H22Cl2O4/c1-14-11-16(24)12-18(25)19(14)20-21(26)23(29-22(20)27)9-7-17(8-10-23)28-13-15-5-3-2-4-6-15/h2-6,11-12,17,20H,7-10,13H2,1H3. The molecule has 1 heterocycles. The molecule has 0 radical (unpaired) electrons. The average molecular weight is 433 g/mol. The van der Waals surface area contributed by atoms with E-state index in [4.69, 9.17) is 32.7 Å². The first-order valence-corrected chi connectivity index (χ1v) is 10.5. The van der Waals surface area contributed by atoms with Crippen LogP contribution in [0.15, 0.2) is 42.5 Å². The Bertz CT molecular complexity index is 910. The van der Waals surface area contributed by atoms with Crippen LogP contribution in [0.3, 0.4) is 0 Å². The predicted octanol–water partition coefficient (Wildman–Crippen LogP) is 5.41. The second-order valence-corrected chi connectivity index (χ2v) is 8.67. The highest BCUT2D eigenvalue weighted by atomic mass is 35.5. The maximum absolute atomic E-state index is 13.3. The number of ether oxygens (including phenoxy) is 2. The fraction of sp³-hybridized carbons (Fsp3) is 0.391. The summed E-state index contributed by atoms with van der Waals surface area (Å²) in [7, 11) is 0. The van der Waals surface area contributed by atoms with Gasteiger partial charge in [0.25, 0.3) is 0 Å². The Labute approximate surface area is 180 Å². The minimum Gasteiger partial charge on any atom is -0.450 e. The number of aryl methyl sites for hydroxylation is 1. The fourth-order valence-corrected chi connectivity index (χ4v) is 5.07. The Morgan fingerprint density at radius 2 is 1.79 bits per heavy atom. The van der Waals surface area contributed by atoms with E-state index in [0.717, 1.165) is 11.1 Å². The minimum absolute atomic E-state index is 0.0484. The third-order valence-corrected chi connectivity index (χ3v) is 6.43. The number of carbonyl (C=O) groups excluding carboxylic acids is 2. The normalized spacial score (nSPS) is 26.7. The van der Waals surface area contributed by atoms with E-state index >= 15 is 0 Å². The second kappa shape index (κ2) is 8.10. The summed E-state index contributed by atoms with van der Waals surface area (Å²) >= 11 is 12.4. The lowest BCUT2D eigenvalue weighted by Crippen LogP contribution is -2.42. The molecule has 1 aliphatic carbocycles. The number of ketones is 1. The molecule has 2 fully saturated rings. The molecule has 1 aliphatic heterocycles. The van der Waals surface area contributed by atoms with Crippen molar-refractivity contribution in [2.45, 2.75) is 56.8 Å². The largest absolute Gasteiger partial charge is 0.450 e. The van der Waals surface area contributed by atoms with Gasteiger partial charge in [0, 0.05) is 10.0 Å². The molecule has 1 saturated heterocycles. The third-order valence-electron chi connectivity index (χ3n) is 5.90. The number of esters is 1. The Morgan fingerprint density at radius 3 is 2.45 bits per heavy atom. The van der Waals surface area contributed by atoms with Gasteiger partial charge in [-0.2, -0.15) is 0 Å². The summed E-state index contributed by atoms with van der Waals surface area (Å²) in [5, 5.41) is 0.795. The van der Waals surface area contributed by atoms with Crippen LogP contribution in [0.2, 0.25) is 10.0 Å². The zero-order valence-corrected chi connectivity index (χ0v) is 17.6. The molecule has 2 aromatic rings. The van der Waals surface area contributed by atoms with E-state index in [9.17, 15) is 9.59 Å². The van der Waals surface area contributed by atoms with Crippen LogP contribution in [-0.4, -0.2) is 23.5 Å². The predicted molar refractivity (Wildman–Crippen MR) is 111 cm³/mol. The van der Waals surface area contributed by atoms with Crippen LogP contribution in [-0.2, 0) is 25.7 Å². The maximum atomic E-state index is 13.3. The van der Waals surface area contributed by atoms with Gasteiger partial charge in [-0.1, -0.05) is 53.5 Å². The van der Waals surface area contributed by atoms with Gasteiger partial charge in [0.05, 0.1) is 12.7 Å². The van der Waals surface area contributed by atoms with Gasteiger partial charge in [0.15, 0.2) is 11.4 Å². The van der Waals surface area contributed by atoms with Crippen LogP contribution in [0, 0.1) is 6.92 Å². The number of benzene rings is 2. The summed E-state index contributed by atoms with van der Waals surface area (Å²) in [5.74, 6) is -1.70. The van der Waals surface area contributed by atoms with Crippen molar-refractivity contribution in [3.05, 3.63) is 69.2 Å².